The van der Waals surface area contributed by atoms with Gasteiger partial charge in [0.05, 0.1) is 12.5 Å². The smallest absolute Gasteiger partial charge is 0.224 e. The molecule has 1 atom stereocenters. The minimum Gasteiger partial charge on any atom is -0.349 e. The Labute approximate surface area is 132 Å². The lowest BCUT2D eigenvalue weighted by Gasteiger charge is -2.14. The zero-order chi connectivity index (χ0) is 14.8. The lowest BCUT2D eigenvalue weighted by Crippen LogP contribution is -2.28. The number of hydrogen-bond acceptors (Lipinski definition) is 2. The van der Waals surface area contributed by atoms with Crippen LogP contribution in [0.25, 0.3) is 0 Å². The van der Waals surface area contributed by atoms with Crippen molar-refractivity contribution in [3.05, 3.63) is 63.4 Å². The van der Waals surface area contributed by atoms with Crippen LogP contribution in [0.1, 0.15) is 34.8 Å². The molecule has 1 N–H and O–H groups in total. The van der Waals surface area contributed by atoms with Crippen LogP contribution in [0.2, 0.25) is 0 Å². The van der Waals surface area contributed by atoms with Crippen molar-refractivity contribution in [3.8, 4) is 0 Å². The zero-order valence-corrected chi connectivity index (χ0v) is 13.5. The second-order valence-electron chi connectivity index (χ2n) is 5.45. The Balaban J connectivity index is 1.67. The number of hydrogen-bond donors (Lipinski definition) is 1. The molecule has 21 heavy (non-hydrogen) atoms. The van der Waals surface area contributed by atoms with Crippen molar-refractivity contribution < 1.29 is 4.79 Å². The summed E-state index contributed by atoms with van der Waals surface area (Å²) in [7, 11) is 0. The van der Waals surface area contributed by atoms with Crippen molar-refractivity contribution in [2.45, 2.75) is 32.2 Å². The molecule has 1 heterocycles. The van der Waals surface area contributed by atoms with E-state index < -0.39 is 0 Å². The molecule has 0 radical (unpaired) electrons. The molecule has 0 saturated heterocycles. The van der Waals surface area contributed by atoms with Gasteiger partial charge in [-0.2, -0.15) is 0 Å². The quantitative estimate of drug-likeness (QED) is 0.925. The van der Waals surface area contributed by atoms with Crippen LogP contribution in [0.15, 0.2) is 41.0 Å². The van der Waals surface area contributed by atoms with Crippen LogP contribution >= 0.6 is 15.9 Å². The van der Waals surface area contributed by atoms with E-state index in [4.69, 9.17) is 0 Å². The Kier molecular flexibility index (Phi) is 4.06. The maximum Gasteiger partial charge on any atom is 0.224 e. The SMILES string of the molecule is Cc1ccc(CC(=O)N[C@@H]2CCc3c(Br)cccc32)cn1. The van der Waals surface area contributed by atoms with Gasteiger partial charge in [0, 0.05) is 16.4 Å². The van der Waals surface area contributed by atoms with Gasteiger partial charge in [0.2, 0.25) is 5.91 Å². The Morgan fingerprint density at radius 3 is 3.00 bits per heavy atom. The predicted molar refractivity (Wildman–Crippen MR) is 86.0 cm³/mol. The van der Waals surface area contributed by atoms with Gasteiger partial charge in [-0.25, -0.2) is 0 Å². The van der Waals surface area contributed by atoms with Crippen molar-refractivity contribution >= 4 is 21.8 Å². The van der Waals surface area contributed by atoms with Crippen LogP contribution in [0.4, 0.5) is 0 Å². The predicted octanol–water partition coefficient (Wildman–Crippen LogP) is 3.50. The van der Waals surface area contributed by atoms with E-state index >= 15 is 0 Å². The van der Waals surface area contributed by atoms with Crippen LogP contribution < -0.4 is 5.32 Å². The maximum absolute atomic E-state index is 12.2. The number of nitrogens with one attached hydrogen (secondary N) is 1. The first-order valence-electron chi connectivity index (χ1n) is 7.11. The number of benzene rings is 1. The topological polar surface area (TPSA) is 42.0 Å². The summed E-state index contributed by atoms with van der Waals surface area (Å²) in [6, 6.07) is 10.2. The molecule has 0 bridgehead atoms. The van der Waals surface area contributed by atoms with Crippen LogP contribution in [0, 0.1) is 6.92 Å². The fourth-order valence-electron chi connectivity index (χ4n) is 2.79. The third-order valence-corrected chi connectivity index (χ3v) is 4.63. The minimum atomic E-state index is 0.0541. The second kappa shape index (κ2) is 5.98. The Bertz CT molecular complexity index is 667. The van der Waals surface area contributed by atoms with E-state index in [1.54, 1.807) is 6.20 Å². The number of amides is 1. The molecule has 0 fully saturated rings. The molecule has 1 aromatic heterocycles. The van der Waals surface area contributed by atoms with Gasteiger partial charge >= 0.3 is 0 Å². The molecule has 0 unspecified atom stereocenters. The van der Waals surface area contributed by atoms with E-state index in [0.29, 0.717) is 6.42 Å². The van der Waals surface area contributed by atoms with Gasteiger partial charge in [0.1, 0.15) is 0 Å². The Morgan fingerprint density at radius 1 is 1.38 bits per heavy atom. The summed E-state index contributed by atoms with van der Waals surface area (Å²) >= 11 is 3.58. The molecule has 0 spiro atoms. The number of aryl methyl sites for hydroxylation is 1. The summed E-state index contributed by atoms with van der Waals surface area (Å²) < 4.78 is 1.14. The van der Waals surface area contributed by atoms with E-state index in [-0.39, 0.29) is 11.9 Å². The number of fused-ring (bicyclic) bond motifs is 1. The molecule has 1 aliphatic rings. The summed E-state index contributed by atoms with van der Waals surface area (Å²) in [5.74, 6) is 0.0541. The largest absolute Gasteiger partial charge is 0.349 e. The van der Waals surface area contributed by atoms with E-state index in [0.717, 1.165) is 28.6 Å². The zero-order valence-electron chi connectivity index (χ0n) is 11.9. The van der Waals surface area contributed by atoms with Crippen LogP contribution in [0.3, 0.4) is 0 Å². The number of nitrogens with zero attached hydrogens (tertiary/aromatic N) is 1. The highest BCUT2D eigenvalue weighted by Gasteiger charge is 2.25. The molecule has 3 nitrogen and oxygen atoms in total. The standard InChI is InChI=1S/C17H17BrN2O/c1-11-5-6-12(10-19-11)9-17(21)20-16-8-7-13-14(16)3-2-4-15(13)18/h2-6,10,16H,7-9H2,1H3,(H,20,21)/t16-/m1/s1. The van der Waals surface area contributed by atoms with Gasteiger partial charge in [-0.05, 0) is 48.6 Å². The molecule has 108 valence electrons. The number of pyridine rings is 1. The van der Waals surface area contributed by atoms with E-state index in [2.05, 4.69) is 38.4 Å². The fraction of sp³-hybridized carbons (Fsp3) is 0.294. The lowest BCUT2D eigenvalue weighted by atomic mass is 10.1. The third kappa shape index (κ3) is 3.16. The van der Waals surface area contributed by atoms with Crippen molar-refractivity contribution in [3.63, 3.8) is 0 Å². The maximum atomic E-state index is 12.2. The number of halogens is 1. The average molecular weight is 345 g/mol. The van der Waals surface area contributed by atoms with E-state index in [9.17, 15) is 4.79 Å². The highest BCUT2D eigenvalue weighted by atomic mass is 79.9. The van der Waals surface area contributed by atoms with Gasteiger partial charge in [-0.15, -0.1) is 0 Å². The molecule has 0 saturated carbocycles. The second-order valence-corrected chi connectivity index (χ2v) is 6.31. The lowest BCUT2D eigenvalue weighted by molar-refractivity contribution is -0.121. The van der Waals surface area contributed by atoms with Gasteiger partial charge in [-0.1, -0.05) is 34.1 Å². The Morgan fingerprint density at radius 2 is 2.24 bits per heavy atom. The first-order chi connectivity index (χ1) is 10.1. The molecule has 1 aliphatic carbocycles. The van der Waals surface area contributed by atoms with Crippen LogP contribution in [-0.2, 0) is 17.6 Å². The fourth-order valence-corrected chi connectivity index (χ4v) is 3.37. The summed E-state index contributed by atoms with van der Waals surface area (Å²) in [5, 5.41) is 3.14. The summed E-state index contributed by atoms with van der Waals surface area (Å²) in [6.07, 6.45) is 4.13. The van der Waals surface area contributed by atoms with E-state index in [1.807, 2.05) is 25.1 Å². The molecule has 2 aromatic rings. The normalized spacial score (nSPS) is 16.6. The molecule has 3 rings (SSSR count). The van der Waals surface area contributed by atoms with Gasteiger partial charge in [0.25, 0.3) is 0 Å². The monoisotopic (exact) mass is 344 g/mol. The highest BCUT2D eigenvalue weighted by molar-refractivity contribution is 9.10. The molecular formula is C17H17BrN2O. The van der Waals surface area contributed by atoms with Gasteiger partial charge < -0.3 is 5.32 Å². The molecule has 1 amide bonds. The molecule has 4 heteroatoms. The summed E-state index contributed by atoms with van der Waals surface area (Å²) in [6.45, 7) is 1.94. The highest BCUT2D eigenvalue weighted by Crippen LogP contribution is 2.35. The molecular weight excluding hydrogens is 328 g/mol. The first-order valence-corrected chi connectivity index (χ1v) is 7.91. The van der Waals surface area contributed by atoms with Crippen molar-refractivity contribution in [1.82, 2.24) is 10.3 Å². The van der Waals surface area contributed by atoms with E-state index in [1.165, 1.54) is 11.1 Å². The first kappa shape index (κ1) is 14.3. The number of carbonyl (C=O) groups excluding carboxylic acids is 1. The van der Waals surface area contributed by atoms with Crippen molar-refractivity contribution in [2.75, 3.05) is 0 Å². The van der Waals surface area contributed by atoms with Crippen molar-refractivity contribution in [2.24, 2.45) is 0 Å². The molecule has 1 aromatic carbocycles. The van der Waals surface area contributed by atoms with Gasteiger partial charge in [0.15, 0.2) is 0 Å². The minimum absolute atomic E-state index is 0.0541. The number of carbonyl (C=O) groups is 1. The van der Waals surface area contributed by atoms with Gasteiger partial charge in [-0.3, -0.25) is 9.78 Å². The molecule has 0 aliphatic heterocycles. The third-order valence-electron chi connectivity index (χ3n) is 3.89. The number of rotatable bonds is 3. The summed E-state index contributed by atoms with van der Waals surface area (Å²) in [4.78, 5) is 16.4. The van der Waals surface area contributed by atoms with Crippen LogP contribution in [0.5, 0.6) is 0 Å². The van der Waals surface area contributed by atoms with Crippen LogP contribution in [-0.4, -0.2) is 10.9 Å². The summed E-state index contributed by atoms with van der Waals surface area (Å²) in [5.41, 5.74) is 4.47. The average Bonchev–Trinajstić information content (AvgIpc) is 2.86. The van der Waals surface area contributed by atoms with Crippen molar-refractivity contribution in [1.29, 1.82) is 0 Å². The number of aromatic nitrogens is 1. The Hall–Kier alpha value is -1.68.